The molecular formula is C16H18N4O3. The highest BCUT2D eigenvalue weighted by atomic mass is 16.5. The fourth-order valence-electron chi connectivity index (χ4n) is 2.76. The van der Waals surface area contributed by atoms with Crippen molar-refractivity contribution in [3.8, 4) is 0 Å². The Hall–Kier alpha value is -2.25. The molecule has 120 valence electrons. The van der Waals surface area contributed by atoms with Crippen LogP contribution in [0.4, 0.5) is 0 Å². The van der Waals surface area contributed by atoms with Gasteiger partial charge in [-0.15, -0.1) is 0 Å². The zero-order valence-corrected chi connectivity index (χ0v) is 12.9. The summed E-state index contributed by atoms with van der Waals surface area (Å²) in [5.41, 5.74) is 3.14. The van der Waals surface area contributed by atoms with Crippen molar-refractivity contribution < 1.29 is 14.0 Å². The number of para-hydroxylation sites is 1. The molecule has 0 saturated carbocycles. The van der Waals surface area contributed by atoms with Crippen LogP contribution in [0.2, 0.25) is 0 Å². The first-order valence-corrected chi connectivity index (χ1v) is 7.72. The van der Waals surface area contributed by atoms with Crippen LogP contribution in [0, 0.1) is 6.92 Å². The Morgan fingerprint density at radius 2 is 2.26 bits per heavy atom. The number of rotatable bonds is 5. The van der Waals surface area contributed by atoms with Crippen LogP contribution < -0.4 is 0 Å². The average Bonchev–Trinajstić information content (AvgIpc) is 3.27. The van der Waals surface area contributed by atoms with E-state index >= 15 is 0 Å². The lowest BCUT2D eigenvalue weighted by Gasteiger charge is -1.98. The molecule has 0 spiro atoms. The predicted octanol–water partition coefficient (Wildman–Crippen LogP) is 2.48. The summed E-state index contributed by atoms with van der Waals surface area (Å²) in [6.45, 7) is 4.12. The summed E-state index contributed by atoms with van der Waals surface area (Å²) < 4.78 is 16.2. The largest absolute Gasteiger partial charge is 0.381 e. The van der Waals surface area contributed by atoms with Crippen molar-refractivity contribution in [1.82, 2.24) is 20.1 Å². The second-order valence-corrected chi connectivity index (χ2v) is 5.75. The smallest absolute Gasteiger partial charge is 0.252 e. The number of benzene rings is 1. The Morgan fingerprint density at radius 1 is 1.30 bits per heavy atom. The van der Waals surface area contributed by atoms with Gasteiger partial charge in [0.15, 0.2) is 5.82 Å². The van der Waals surface area contributed by atoms with Gasteiger partial charge in [-0.3, -0.25) is 0 Å². The number of nitrogens with one attached hydrogen (secondary N) is 1. The molecule has 4 rings (SSSR count). The maximum atomic E-state index is 5.63. The Labute approximate surface area is 133 Å². The minimum absolute atomic E-state index is 0.242. The third kappa shape index (κ3) is 2.97. The Balaban J connectivity index is 1.36. The van der Waals surface area contributed by atoms with Crippen LogP contribution in [0.5, 0.6) is 0 Å². The Morgan fingerprint density at radius 3 is 3.09 bits per heavy atom. The molecule has 3 heterocycles. The normalized spacial score (nSPS) is 18.0. The van der Waals surface area contributed by atoms with Crippen molar-refractivity contribution in [3.05, 3.63) is 41.3 Å². The second kappa shape index (κ2) is 6.10. The molecule has 1 atom stereocenters. The summed E-state index contributed by atoms with van der Waals surface area (Å²) in [5.74, 6) is 2.23. The van der Waals surface area contributed by atoms with Crippen LogP contribution in [-0.4, -0.2) is 33.3 Å². The fraction of sp³-hybridized carbons (Fsp3) is 0.438. The van der Waals surface area contributed by atoms with Crippen molar-refractivity contribution in [2.75, 3.05) is 13.2 Å². The van der Waals surface area contributed by atoms with Crippen LogP contribution in [-0.2, 0) is 22.7 Å². The average molecular weight is 314 g/mol. The fourth-order valence-corrected chi connectivity index (χ4v) is 2.76. The van der Waals surface area contributed by atoms with Crippen molar-refractivity contribution in [2.24, 2.45) is 0 Å². The summed E-state index contributed by atoms with van der Waals surface area (Å²) >= 11 is 0. The lowest BCUT2D eigenvalue weighted by molar-refractivity contribution is 0.0811. The van der Waals surface area contributed by atoms with E-state index in [-0.39, 0.29) is 12.5 Å². The summed E-state index contributed by atoms with van der Waals surface area (Å²) in [6, 6.07) is 6.06. The summed E-state index contributed by atoms with van der Waals surface area (Å²) in [5, 5.41) is 4.00. The monoisotopic (exact) mass is 314 g/mol. The van der Waals surface area contributed by atoms with Crippen molar-refractivity contribution in [2.45, 2.75) is 32.5 Å². The van der Waals surface area contributed by atoms with Gasteiger partial charge in [-0.25, -0.2) is 4.98 Å². The first-order chi connectivity index (χ1) is 11.3. The Bertz CT molecular complexity index is 805. The lowest BCUT2D eigenvalue weighted by atomic mass is 10.1. The Kier molecular flexibility index (Phi) is 3.80. The maximum absolute atomic E-state index is 5.63. The van der Waals surface area contributed by atoms with Crippen molar-refractivity contribution in [1.29, 1.82) is 0 Å². The van der Waals surface area contributed by atoms with Gasteiger partial charge in [-0.05, 0) is 25.0 Å². The molecule has 7 heteroatoms. The zero-order chi connectivity index (χ0) is 15.6. The quantitative estimate of drug-likeness (QED) is 0.778. The lowest BCUT2D eigenvalue weighted by Crippen LogP contribution is -2.01. The number of fused-ring (bicyclic) bond motifs is 1. The van der Waals surface area contributed by atoms with E-state index in [9.17, 15) is 0 Å². The number of aromatic nitrogens is 4. The van der Waals surface area contributed by atoms with E-state index in [2.05, 4.69) is 20.1 Å². The van der Waals surface area contributed by atoms with Crippen molar-refractivity contribution in [3.63, 3.8) is 0 Å². The number of nitrogens with zero attached hydrogens (tertiary/aromatic N) is 3. The van der Waals surface area contributed by atoms with Gasteiger partial charge in [0.25, 0.3) is 5.89 Å². The van der Waals surface area contributed by atoms with Gasteiger partial charge in [-0.2, -0.15) is 4.98 Å². The minimum atomic E-state index is 0.242. The maximum Gasteiger partial charge on any atom is 0.252 e. The van der Waals surface area contributed by atoms with Crippen LogP contribution in [0.1, 0.15) is 35.4 Å². The van der Waals surface area contributed by atoms with Gasteiger partial charge in [0.1, 0.15) is 19.0 Å². The highest BCUT2D eigenvalue weighted by Gasteiger charge is 2.23. The molecule has 0 unspecified atom stereocenters. The molecular weight excluding hydrogens is 296 g/mol. The second-order valence-electron chi connectivity index (χ2n) is 5.75. The first-order valence-electron chi connectivity index (χ1n) is 7.72. The molecule has 1 aliphatic heterocycles. The van der Waals surface area contributed by atoms with Gasteiger partial charge >= 0.3 is 0 Å². The molecule has 0 bridgehead atoms. The van der Waals surface area contributed by atoms with Gasteiger partial charge < -0.3 is 19.0 Å². The van der Waals surface area contributed by atoms with Gasteiger partial charge in [0, 0.05) is 12.5 Å². The minimum Gasteiger partial charge on any atom is -0.381 e. The SMILES string of the molecule is Cc1cccc2[nH]c(COCc3nc([C@H]4CCOC4)no3)nc12. The number of ether oxygens (including phenoxy) is 2. The van der Waals surface area contributed by atoms with E-state index in [0.29, 0.717) is 24.9 Å². The molecule has 7 nitrogen and oxygen atoms in total. The zero-order valence-electron chi connectivity index (χ0n) is 12.9. The van der Waals surface area contributed by atoms with E-state index in [1.807, 2.05) is 25.1 Å². The van der Waals surface area contributed by atoms with Crippen LogP contribution in [0.15, 0.2) is 22.7 Å². The molecule has 3 aromatic rings. The number of aromatic amines is 1. The number of hydrogen-bond donors (Lipinski definition) is 1. The number of imidazole rings is 1. The summed E-state index contributed by atoms with van der Waals surface area (Å²) in [6.07, 6.45) is 0.943. The van der Waals surface area contributed by atoms with E-state index in [0.717, 1.165) is 35.4 Å². The third-order valence-corrected chi connectivity index (χ3v) is 4.01. The van der Waals surface area contributed by atoms with Crippen LogP contribution >= 0.6 is 0 Å². The van der Waals surface area contributed by atoms with E-state index < -0.39 is 0 Å². The number of H-pyrrole nitrogens is 1. The molecule has 0 radical (unpaired) electrons. The molecule has 0 amide bonds. The molecule has 2 aromatic heterocycles. The van der Waals surface area contributed by atoms with Gasteiger partial charge in [-0.1, -0.05) is 17.3 Å². The standard InChI is InChI=1S/C16H18N4O3/c1-10-3-2-4-12-15(10)18-13(17-12)8-22-9-14-19-16(20-23-14)11-5-6-21-7-11/h2-4,11H,5-9H2,1H3,(H,17,18)/t11-/m0/s1. The highest BCUT2D eigenvalue weighted by molar-refractivity contribution is 5.78. The van der Waals surface area contributed by atoms with E-state index in [1.54, 1.807) is 0 Å². The van der Waals surface area contributed by atoms with Gasteiger partial charge in [0.05, 0.1) is 17.6 Å². The molecule has 1 N–H and O–H groups in total. The third-order valence-electron chi connectivity index (χ3n) is 4.01. The van der Waals surface area contributed by atoms with Crippen LogP contribution in [0.3, 0.4) is 0 Å². The predicted molar refractivity (Wildman–Crippen MR) is 81.8 cm³/mol. The first kappa shape index (κ1) is 14.3. The highest BCUT2D eigenvalue weighted by Crippen LogP contribution is 2.22. The topological polar surface area (TPSA) is 86.1 Å². The molecule has 0 aliphatic carbocycles. The van der Waals surface area contributed by atoms with E-state index in [1.165, 1.54) is 0 Å². The van der Waals surface area contributed by atoms with Crippen LogP contribution in [0.25, 0.3) is 11.0 Å². The molecule has 1 saturated heterocycles. The molecule has 1 aliphatic rings. The number of aryl methyl sites for hydroxylation is 1. The van der Waals surface area contributed by atoms with E-state index in [4.69, 9.17) is 14.0 Å². The summed E-state index contributed by atoms with van der Waals surface area (Å²) in [7, 11) is 0. The van der Waals surface area contributed by atoms with Crippen molar-refractivity contribution >= 4 is 11.0 Å². The molecule has 1 aromatic carbocycles. The molecule has 1 fully saturated rings. The van der Waals surface area contributed by atoms with Gasteiger partial charge in [0.2, 0.25) is 0 Å². The summed E-state index contributed by atoms with van der Waals surface area (Å²) in [4.78, 5) is 12.2. The number of hydrogen-bond acceptors (Lipinski definition) is 6. The molecule has 23 heavy (non-hydrogen) atoms.